The van der Waals surface area contributed by atoms with E-state index < -0.39 is 5.91 Å². The van der Waals surface area contributed by atoms with E-state index in [1.807, 2.05) is 18.2 Å². The van der Waals surface area contributed by atoms with E-state index in [2.05, 4.69) is 31.5 Å². The summed E-state index contributed by atoms with van der Waals surface area (Å²) < 4.78 is 11.6. The Kier molecular flexibility index (Phi) is 6.06. The van der Waals surface area contributed by atoms with E-state index in [0.29, 0.717) is 12.1 Å². The normalized spacial score (nSPS) is 15.2. The molecule has 0 unspecified atom stereocenters. The van der Waals surface area contributed by atoms with Gasteiger partial charge in [-0.2, -0.15) is 0 Å². The summed E-state index contributed by atoms with van der Waals surface area (Å²) >= 11 is 3.38. The number of amides is 2. The Labute approximate surface area is 153 Å². The van der Waals surface area contributed by atoms with Gasteiger partial charge in [-0.3, -0.25) is 14.5 Å². The topological polar surface area (TPSA) is 83.8 Å². The summed E-state index contributed by atoms with van der Waals surface area (Å²) in [7, 11) is 0. The number of furan rings is 1. The second kappa shape index (κ2) is 8.46. The summed E-state index contributed by atoms with van der Waals surface area (Å²) in [6.45, 7) is 4.48. The number of rotatable bonds is 6. The largest absolute Gasteiger partial charge is 0.450 e. The first-order chi connectivity index (χ1) is 12.1. The Morgan fingerprint density at radius 2 is 2.00 bits per heavy atom. The van der Waals surface area contributed by atoms with Crippen LogP contribution in [0.4, 0.5) is 0 Å². The number of benzene rings is 1. The molecule has 7 nitrogen and oxygen atoms in total. The fourth-order valence-corrected chi connectivity index (χ4v) is 3.09. The van der Waals surface area contributed by atoms with Crippen LogP contribution in [0.15, 0.2) is 33.2 Å². The summed E-state index contributed by atoms with van der Waals surface area (Å²) in [4.78, 5) is 26.2. The van der Waals surface area contributed by atoms with Crippen molar-refractivity contribution >= 4 is 38.7 Å². The summed E-state index contributed by atoms with van der Waals surface area (Å²) in [5, 5.41) is 6.20. The molecule has 2 heterocycles. The average molecular weight is 410 g/mol. The lowest BCUT2D eigenvalue weighted by Crippen LogP contribution is -2.43. The van der Waals surface area contributed by atoms with E-state index in [1.165, 1.54) is 0 Å². The van der Waals surface area contributed by atoms with Crippen LogP contribution in [0.2, 0.25) is 0 Å². The number of ether oxygens (including phenoxy) is 1. The van der Waals surface area contributed by atoms with Crippen molar-refractivity contribution in [3.8, 4) is 0 Å². The molecule has 0 saturated carbocycles. The van der Waals surface area contributed by atoms with Gasteiger partial charge in [-0.15, -0.1) is 0 Å². The lowest BCUT2D eigenvalue weighted by Gasteiger charge is -2.26. The minimum absolute atomic E-state index is 0.0832. The Hall–Kier alpha value is -1.90. The van der Waals surface area contributed by atoms with Gasteiger partial charge in [0.2, 0.25) is 5.91 Å². The van der Waals surface area contributed by atoms with E-state index >= 15 is 0 Å². The van der Waals surface area contributed by atoms with Crippen molar-refractivity contribution in [3.63, 3.8) is 0 Å². The van der Waals surface area contributed by atoms with Gasteiger partial charge < -0.3 is 19.8 Å². The highest BCUT2D eigenvalue weighted by molar-refractivity contribution is 9.10. The number of nitrogens with one attached hydrogen (secondary N) is 2. The number of para-hydroxylation sites is 1. The zero-order valence-corrected chi connectivity index (χ0v) is 15.3. The maximum Gasteiger partial charge on any atom is 0.287 e. The summed E-state index contributed by atoms with van der Waals surface area (Å²) in [6.07, 6.45) is 0. The predicted octanol–water partition coefficient (Wildman–Crippen LogP) is 1.37. The van der Waals surface area contributed by atoms with Gasteiger partial charge in [0.25, 0.3) is 5.91 Å². The maximum absolute atomic E-state index is 12.1. The molecule has 2 amide bonds. The van der Waals surface area contributed by atoms with Crippen LogP contribution in [0.1, 0.15) is 10.6 Å². The number of nitrogens with zero attached hydrogens (tertiary/aromatic N) is 1. The maximum atomic E-state index is 12.1. The fraction of sp³-hybridized carbons (Fsp3) is 0.412. The van der Waals surface area contributed by atoms with Crippen LogP contribution in [0.3, 0.4) is 0 Å². The van der Waals surface area contributed by atoms with Gasteiger partial charge in [0.15, 0.2) is 5.76 Å². The molecule has 0 spiro atoms. The Bertz CT molecular complexity index is 755. The first-order valence-corrected chi connectivity index (χ1v) is 8.96. The van der Waals surface area contributed by atoms with Gasteiger partial charge in [-0.25, -0.2) is 0 Å². The fourth-order valence-electron chi connectivity index (χ4n) is 2.63. The van der Waals surface area contributed by atoms with E-state index in [-0.39, 0.29) is 18.2 Å². The molecule has 8 heteroatoms. The molecule has 0 atom stereocenters. The van der Waals surface area contributed by atoms with E-state index in [4.69, 9.17) is 9.15 Å². The molecule has 25 heavy (non-hydrogen) atoms. The number of hydrogen-bond donors (Lipinski definition) is 2. The van der Waals surface area contributed by atoms with Gasteiger partial charge in [0.1, 0.15) is 5.58 Å². The van der Waals surface area contributed by atoms with Crippen LogP contribution >= 0.6 is 15.9 Å². The lowest BCUT2D eigenvalue weighted by molar-refractivity contribution is -0.120. The molecule has 2 aromatic rings. The van der Waals surface area contributed by atoms with Crippen molar-refractivity contribution in [3.05, 3.63) is 34.5 Å². The predicted molar refractivity (Wildman–Crippen MR) is 96.5 cm³/mol. The summed E-state index contributed by atoms with van der Waals surface area (Å²) in [5.74, 6) is -0.451. The molecule has 0 aliphatic carbocycles. The highest BCUT2D eigenvalue weighted by atomic mass is 79.9. The molecule has 3 rings (SSSR count). The Morgan fingerprint density at radius 3 is 2.76 bits per heavy atom. The van der Waals surface area contributed by atoms with Gasteiger partial charge in [0, 0.05) is 31.6 Å². The number of halogens is 1. The zero-order chi connectivity index (χ0) is 17.6. The average Bonchev–Trinajstić information content (AvgIpc) is 3.06. The SMILES string of the molecule is O=C(CNC(=O)c1cc2cccc(Br)c2o1)NCCN1CCOCC1. The van der Waals surface area contributed by atoms with Crippen molar-refractivity contribution in [1.82, 2.24) is 15.5 Å². The minimum Gasteiger partial charge on any atom is -0.450 e. The molecule has 0 radical (unpaired) electrons. The number of carbonyl (C=O) groups excluding carboxylic acids is 2. The molecule has 2 N–H and O–H groups in total. The number of fused-ring (bicyclic) bond motifs is 1. The van der Waals surface area contributed by atoms with Crippen LogP contribution in [0.5, 0.6) is 0 Å². The lowest BCUT2D eigenvalue weighted by atomic mass is 10.2. The van der Waals surface area contributed by atoms with E-state index in [9.17, 15) is 9.59 Å². The second-order valence-corrected chi connectivity index (χ2v) is 6.61. The van der Waals surface area contributed by atoms with Crippen LogP contribution in [-0.2, 0) is 9.53 Å². The van der Waals surface area contributed by atoms with Crippen molar-refractivity contribution in [2.24, 2.45) is 0 Å². The third-order valence-electron chi connectivity index (χ3n) is 3.98. The Balaban J connectivity index is 1.43. The third-order valence-corrected chi connectivity index (χ3v) is 4.61. The first-order valence-electron chi connectivity index (χ1n) is 8.16. The van der Waals surface area contributed by atoms with E-state index in [0.717, 1.165) is 42.7 Å². The quantitative estimate of drug-likeness (QED) is 0.752. The Morgan fingerprint density at radius 1 is 1.20 bits per heavy atom. The smallest absolute Gasteiger partial charge is 0.287 e. The number of hydrogen-bond acceptors (Lipinski definition) is 5. The molecule has 1 fully saturated rings. The zero-order valence-electron chi connectivity index (χ0n) is 13.7. The van der Waals surface area contributed by atoms with Crippen molar-refractivity contribution in [1.29, 1.82) is 0 Å². The summed E-state index contributed by atoms with van der Waals surface area (Å²) in [5.41, 5.74) is 0.614. The van der Waals surface area contributed by atoms with Gasteiger partial charge in [-0.1, -0.05) is 12.1 Å². The van der Waals surface area contributed by atoms with E-state index in [1.54, 1.807) is 6.07 Å². The van der Waals surface area contributed by atoms with Crippen LogP contribution in [-0.4, -0.2) is 62.7 Å². The highest BCUT2D eigenvalue weighted by Gasteiger charge is 2.15. The number of morpholine rings is 1. The first kappa shape index (κ1) is 17.9. The molecule has 1 aliphatic rings. The van der Waals surface area contributed by atoms with Crippen LogP contribution in [0.25, 0.3) is 11.0 Å². The molecular weight excluding hydrogens is 390 g/mol. The molecule has 1 aliphatic heterocycles. The second-order valence-electron chi connectivity index (χ2n) is 5.76. The molecule has 1 aromatic heterocycles. The molecule has 1 saturated heterocycles. The monoisotopic (exact) mass is 409 g/mol. The molecule has 1 aromatic carbocycles. The molecule has 0 bridgehead atoms. The number of carbonyl (C=O) groups is 2. The highest BCUT2D eigenvalue weighted by Crippen LogP contribution is 2.26. The van der Waals surface area contributed by atoms with Crippen molar-refractivity contribution < 1.29 is 18.7 Å². The van der Waals surface area contributed by atoms with Crippen LogP contribution in [0, 0.1) is 0 Å². The van der Waals surface area contributed by atoms with Crippen molar-refractivity contribution in [2.75, 3.05) is 45.9 Å². The summed E-state index contributed by atoms with van der Waals surface area (Å²) in [6, 6.07) is 7.23. The van der Waals surface area contributed by atoms with Gasteiger partial charge in [0.05, 0.1) is 24.2 Å². The van der Waals surface area contributed by atoms with Crippen molar-refractivity contribution in [2.45, 2.75) is 0 Å². The standard InChI is InChI=1S/C17H20BrN3O4/c18-13-3-1-2-12-10-14(25-16(12)13)17(23)20-11-15(22)19-4-5-21-6-8-24-9-7-21/h1-3,10H,4-9,11H2,(H,19,22)(H,20,23). The minimum atomic E-state index is -0.411. The molecular formula is C17H20BrN3O4. The van der Waals surface area contributed by atoms with Gasteiger partial charge >= 0.3 is 0 Å². The van der Waals surface area contributed by atoms with Crippen LogP contribution < -0.4 is 10.6 Å². The van der Waals surface area contributed by atoms with Gasteiger partial charge in [-0.05, 0) is 28.1 Å². The third kappa shape index (κ3) is 4.81. The molecule has 134 valence electrons.